The zero-order valence-corrected chi connectivity index (χ0v) is 8.48. The molecule has 0 aliphatic heterocycles. The molecule has 0 fully saturated rings. The SMILES string of the molecule is C=CC(C(=O)O)S(=O)(=O)O.C=CC(N)=O. The summed E-state index contributed by atoms with van der Waals surface area (Å²) < 4.78 is 28.4. The number of carbonyl (C=O) groups is 2. The Balaban J connectivity index is 0. The van der Waals surface area contributed by atoms with E-state index in [9.17, 15) is 18.0 Å². The van der Waals surface area contributed by atoms with E-state index in [1.54, 1.807) is 0 Å². The summed E-state index contributed by atoms with van der Waals surface area (Å²) in [5.74, 6) is -2.12. The van der Waals surface area contributed by atoms with Gasteiger partial charge in [-0.25, -0.2) is 0 Å². The van der Waals surface area contributed by atoms with Crippen molar-refractivity contribution in [3.05, 3.63) is 25.3 Å². The lowest BCUT2D eigenvalue weighted by molar-refractivity contribution is -0.135. The fraction of sp³-hybridized carbons (Fsp3) is 0.143. The van der Waals surface area contributed by atoms with Crippen LogP contribution in [0.25, 0.3) is 0 Å². The van der Waals surface area contributed by atoms with Crippen molar-refractivity contribution >= 4 is 22.0 Å². The molecule has 0 radical (unpaired) electrons. The first kappa shape index (κ1) is 15.8. The van der Waals surface area contributed by atoms with Crippen LogP contribution in [0.5, 0.6) is 0 Å². The van der Waals surface area contributed by atoms with Crippen molar-refractivity contribution < 1.29 is 27.7 Å². The van der Waals surface area contributed by atoms with Crippen LogP contribution < -0.4 is 5.73 Å². The average Bonchev–Trinajstić information content (AvgIpc) is 2.02. The van der Waals surface area contributed by atoms with E-state index in [0.717, 1.165) is 6.08 Å². The molecule has 0 spiro atoms. The molecule has 0 rings (SSSR count). The average molecular weight is 237 g/mol. The number of amides is 1. The van der Waals surface area contributed by atoms with Crippen LogP contribution in [-0.2, 0) is 19.7 Å². The number of hydrogen-bond donors (Lipinski definition) is 3. The predicted molar refractivity (Wildman–Crippen MR) is 52.6 cm³/mol. The molecular formula is C7H11NO6S. The zero-order chi connectivity index (χ0) is 12.6. The first-order valence-electron chi connectivity index (χ1n) is 3.40. The van der Waals surface area contributed by atoms with Crippen molar-refractivity contribution in [1.29, 1.82) is 0 Å². The summed E-state index contributed by atoms with van der Waals surface area (Å²) in [6, 6.07) is 0. The van der Waals surface area contributed by atoms with Gasteiger partial charge < -0.3 is 10.8 Å². The highest BCUT2D eigenvalue weighted by Gasteiger charge is 2.26. The molecule has 15 heavy (non-hydrogen) atoms. The van der Waals surface area contributed by atoms with Gasteiger partial charge >= 0.3 is 5.97 Å². The molecule has 8 heteroatoms. The zero-order valence-electron chi connectivity index (χ0n) is 7.66. The van der Waals surface area contributed by atoms with E-state index in [1.165, 1.54) is 0 Å². The van der Waals surface area contributed by atoms with E-state index in [1.807, 2.05) is 0 Å². The second-order valence-electron chi connectivity index (χ2n) is 2.12. The largest absolute Gasteiger partial charge is 0.480 e. The molecule has 0 heterocycles. The first-order chi connectivity index (χ1) is 6.66. The maximum Gasteiger partial charge on any atom is 0.328 e. The summed E-state index contributed by atoms with van der Waals surface area (Å²) in [6.45, 7) is 6.01. The number of aliphatic carboxylic acids is 1. The van der Waals surface area contributed by atoms with Crippen LogP contribution >= 0.6 is 0 Å². The normalized spacial score (nSPS) is 11.5. The molecule has 0 aliphatic carbocycles. The quantitative estimate of drug-likeness (QED) is 0.332. The van der Waals surface area contributed by atoms with Gasteiger partial charge in [-0.3, -0.25) is 14.1 Å². The number of carboxylic acid groups (broad SMARTS) is 1. The number of carbonyl (C=O) groups excluding carboxylic acids is 1. The molecule has 0 aromatic rings. The van der Waals surface area contributed by atoms with Crippen molar-refractivity contribution in [3.63, 3.8) is 0 Å². The van der Waals surface area contributed by atoms with Gasteiger partial charge in [-0.15, -0.1) is 6.58 Å². The highest BCUT2D eigenvalue weighted by atomic mass is 32.2. The van der Waals surface area contributed by atoms with Crippen LogP contribution in [0.1, 0.15) is 0 Å². The van der Waals surface area contributed by atoms with Gasteiger partial charge in [0.15, 0.2) is 0 Å². The fourth-order valence-electron chi connectivity index (χ4n) is 0.350. The van der Waals surface area contributed by atoms with Crippen LogP contribution in [-0.4, -0.2) is 35.2 Å². The van der Waals surface area contributed by atoms with E-state index in [0.29, 0.717) is 6.08 Å². The molecule has 0 aliphatic rings. The van der Waals surface area contributed by atoms with Gasteiger partial charge in [0.1, 0.15) is 0 Å². The summed E-state index contributed by atoms with van der Waals surface area (Å²) in [7, 11) is -4.53. The molecule has 7 nitrogen and oxygen atoms in total. The van der Waals surface area contributed by atoms with Gasteiger partial charge in [-0.1, -0.05) is 12.7 Å². The van der Waals surface area contributed by atoms with Gasteiger partial charge in [0.05, 0.1) is 0 Å². The molecule has 0 aromatic carbocycles. The minimum atomic E-state index is -4.53. The molecule has 0 saturated heterocycles. The third kappa shape index (κ3) is 8.65. The highest BCUT2D eigenvalue weighted by molar-refractivity contribution is 7.87. The van der Waals surface area contributed by atoms with Crippen LogP contribution in [0.2, 0.25) is 0 Å². The van der Waals surface area contributed by atoms with E-state index in [2.05, 4.69) is 18.9 Å². The summed E-state index contributed by atoms with van der Waals surface area (Å²) in [6.07, 6.45) is 1.69. The third-order valence-corrected chi connectivity index (χ3v) is 2.02. The van der Waals surface area contributed by atoms with E-state index >= 15 is 0 Å². The van der Waals surface area contributed by atoms with Gasteiger partial charge in [0.25, 0.3) is 10.1 Å². The Morgan fingerprint density at radius 1 is 1.33 bits per heavy atom. The Labute approximate surface area is 86.6 Å². The first-order valence-corrected chi connectivity index (χ1v) is 4.90. The highest BCUT2D eigenvalue weighted by Crippen LogP contribution is 1.98. The monoisotopic (exact) mass is 237 g/mol. The Morgan fingerprint density at radius 2 is 1.67 bits per heavy atom. The summed E-state index contributed by atoms with van der Waals surface area (Å²) in [4.78, 5) is 19.4. The van der Waals surface area contributed by atoms with Gasteiger partial charge in [-0.05, 0) is 6.08 Å². The number of hydrogen-bond acceptors (Lipinski definition) is 4. The molecule has 0 bridgehead atoms. The van der Waals surface area contributed by atoms with Gasteiger partial charge in [-0.2, -0.15) is 8.42 Å². The Hall–Kier alpha value is -1.67. The lowest BCUT2D eigenvalue weighted by Gasteiger charge is -2.00. The van der Waals surface area contributed by atoms with Gasteiger partial charge in [0.2, 0.25) is 11.2 Å². The van der Waals surface area contributed by atoms with Crippen LogP contribution in [0.4, 0.5) is 0 Å². The molecule has 86 valence electrons. The smallest absolute Gasteiger partial charge is 0.328 e. The van der Waals surface area contributed by atoms with Crippen molar-refractivity contribution in [2.45, 2.75) is 5.25 Å². The van der Waals surface area contributed by atoms with Crippen LogP contribution in [0.15, 0.2) is 25.3 Å². The summed E-state index contributed by atoms with van der Waals surface area (Å²) in [5.41, 5.74) is 4.53. The number of carboxylic acids is 1. The lowest BCUT2D eigenvalue weighted by atomic mass is 10.4. The van der Waals surface area contributed by atoms with Crippen LogP contribution in [0, 0.1) is 0 Å². The molecule has 1 amide bonds. The lowest BCUT2D eigenvalue weighted by Crippen LogP contribution is -2.26. The number of rotatable bonds is 4. The van der Waals surface area contributed by atoms with Crippen LogP contribution in [0.3, 0.4) is 0 Å². The Bertz CT molecular complexity index is 358. The second-order valence-corrected chi connectivity index (χ2v) is 3.65. The maximum atomic E-state index is 10.1. The second kappa shape index (κ2) is 6.74. The third-order valence-electron chi connectivity index (χ3n) is 0.980. The minimum Gasteiger partial charge on any atom is -0.480 e. The van der Waals surface area contributed by atoms with Crippen molar-refractivity contribution in [1.82, 2.24) is 0 Å². The summed E-state index contributed by atoms with van der Waals surface area (Å²) in [5, 5.41) is 6.17. The molecule has 0 saturated carbocycles. The molecular weight excluding hydrogens is 226 g/mol. The van der Waals surface area contributed by atoms with Crippen molar-refractivity contribution in [2.75, 3.05) is 0 Å². The van der Waals surface area contributed by atoms with Crippen molar-refractivity contribution in [2.24, 2.45) is 5.73 Å². The van der Waals surface area contributed by atoms with Gasteiger partial charge in [0, 0.05) is 0 Å². The topological polar surface area (TPSA) is 135 Å². The van der Waals surface area contributed by atoms with Crippen molar-refractivity contribution in [3.8, 4) is 0 Å². The molecule has 1 unspecified atom stereocenters. The molecule has 0 aromatic heterocycles. The molecule has 1 atom stereocenters. The summed E-state index contributed by atoms with van der Waals surface area (Å²) >= 11 is 0. The minimum absolute atomic E-state index is 0.481. The standard InChI is InChI=1S/C4H6O5S.C3H5NO/c1-2-3(4(5)6)10(7,8)9;1-2-3(4)5/h2-3H,1H2,(H,5,6)(H,7,8,9);2H,1H2,(H2,4,5). The Kier molecular flexibility index (Phi) is 7.09. The molecule has 4 N–H and O–H groups in total. The predicted octanol–water partition coefficient (Wildman–Crippen LogP) is -0.829. The number of nitrogens with two attached hydrogens (primary N) is 1. The maximum absolute atomic E-state index is 10.1. The van der Waals surface area contributed by atoms with E-state index in [4.69, 9.17) is 9.66 Å². The fourth-order valence-corrected chi connectivity index (χ4v) is 0.848. The van der Waals surface area contributed by atoms with E-state index < -0.39 is 27.2 Å². The Morgan fingerprint density at radius 3 is 1.67 bits per heavy atom. The van der Waals surface area contributed by atoms with E-state index in [-0.39, 0.29) is 0 Å². The number of primary amides is 1.